The van der Waals surface area contributed by atoms with E-state index in [0.29, 0.717) is 32.7 Å². The maximum atomic E-state index is 14.0. The lowest BCUT2D eigenvalue weighted by Crippen LogP contribution is -2.57. The van der Waals surface area contributed by atoms with Gasteiger partial charge in [0, 0.05) is 38.8 Å². The number of nitrogens with zero attached hydrogens (tertiary/aromatic N) is 3. The van der Waals surface area contributed by atoms with Crippen molar-refractivity contribution >= 4 is 17.7 Å². The minimum atomic E-state index is -0.969. The molecule has 7 nitrogen and oxygen atoms in total. The van der Waals surface area contributed by atoms with Gasteiger partial charge in [-0.25, -0.2) is 8.78 Å². The first-order chi connectivity index (χ1) is 15.7. The summed E-state index contributed by atoms with van der Waals surface area (Å²) < 4.78 is 28.0. The quantitative estimate of drug-likeness (QED) is 0.701. The van der Waals surface area contributed by atoms with Crippen molar-refractivity contribution in [2.24, 2.45) is 5.92 Å². The number of halogens is 2. The van der Waals surface area contributed by atoms with Crippen LogP contribution < -0.4 is 5.32 Å². The van der Waals surface area contributed by atoms with E-state index < -0.39 is 29.1 Å². The molecule has 0 saturated carbocycles. The molecule has 2 heterocycles. The van der Waals surface area contributed by atoms with Crippen molar-refractivity contribution in [2.45, 2.75) is 52.1 Å². The Kier molecular flexibility index (Phi) is 8.40. The summed E-state index contributed by atoms with van der Waals surface area (Å²) in [4.78, 5) is 44.0. The number of piperidine rings is 1. The van der Waals surface area contributed by atoms with Gasteiger partial charge in [-0.3, -0.25) is 19.3 Å². The molecule has 3 amide bonds. The molecule has 0 aromatic heterocycles. The summed E-state index contributed by atoms with van der Waals surface area (Å²) in [6.45, 7) is 8.73. The van der Waals surface area contributed by atoms with Gasteiger partial charge in [-0.05, 0) is 44.2 Å². The third kappa shape index (κ3) is 6.07. The molecule has 2 saturated heterocycles. The number of hydrogen-bond acceptors (Lipinski definition) is 4. The van der Waals surface area contributed by atoms with Gasteiger partial charge in [0.1, 0.15) is 23.2 Å². The van der Waals surface area contributed by atoms with Crippen molar-refractivity contribution in [3.8, 4) is 0 Å². The number of carbonyl (C=O) groups excluding carboxylic acids is 3. The second-order valence-corrected chi connectivity index (χ2v) is 9.33. The summed E-state index contributed by atoms with van der Waals surface area (Å²) in [5.41, 5.74) is -0.689. The van der Waals surface area contributed by atoms with Gasteiger partial charge in [-0.1, -0.05) is 19.9 Å². The minimum absolute atomic E-state index is 0.126. The molecule has 0 spiro atoms. The predicted molar refractivity (Wildman–Crippen MR) is 120 cm³/mol. The Morgan fingerprint density at radius 2 is 1.67 bits per heavy atom. The van der Waals surface area contributed by atoms with Crippen molar-refractivity contribution < 1.29 is 23.2 Å². The number of benzene rings is 1. The summed E-state index contributed by atoms with van der Waals surface area (Å²) in [7, 11) is 0. The molecule has 1 N–H and O–H groups in total. The fourth-order valence-corrected chi connectivity index (χ4v) is 4.52. The van der Waals surface area contributed by atoms with Crippen LogP contribution in [0.2, 0.25) is 0 Å². The average Bonchev–Trinajstić information content (AvgIpc) is 2.77. The van der Waals surface area contributed by atoms with Crippen LogP contribution in [0.15, 0.2) is 18.2 Å². The summed E-state index contributed by atoms with van der Waals surface area (Å²) in [5.74, 6) is -3.31. The van der Waals surface area contributed by atoms with E-state index in [-0.39, 0.29) is 23.8 Å². The lowest BCUT2D eigenvalue weighted by molar-refractivity contribution is -0.138. The van der Waals surface area contributed by atoms with Crippen LogP contribution in [0, 0.1) is 17.6 Å². The van der Waals surface area contributed by atoms with Crippen molar-refractivity contribution in [3.63, 3.8) is 0 Å². The minimum Gasteiger partial charge on any atom is -0.340 e. The molecule has 0 aliphatic carbocycles. The third-order valence-corrected chi connectivity index (χ3v) is 6.58. The van der Waals surface area contributed by atoms with Crippen LogP contribution in [-0.2, 0) is 9.59 Å². The summed E-state index contributed by atoms with van der Waals surface area (Å²) in [6, 6.07) is 2.57. The SMILES string of the molecule is CC(C)[C@H](NC(=O)c1c(F)cccc1F)C(=O)N1CCN(CC(=O)N2CCCCC2C)CC1. The lowest BCUT2D eigenvalue weighted by atomic mass is 10.0. The van der Waals surface area contributed by atoms with E-state index in [4.69, 9.17) is 0 Å². The highest BCUT2D eigenvalue weighted by Gasteiger charge is 2.33. The molecule has 182 valence electrons. The van der Waals surface area contributed by atoms with Crippen LogP contribution in [0.5, 0.6) is 0 Å². The van der Waals surface area contributed by atoms with Crippen LogP contribution in [-0.4, -0.2) is 83.8 Å². The molecule has 9 heteroatoms. The normalized spacial score (nSPS) is 20.6. The maximum absolute atomic E-state index is 14.0. The standard InChI is InChI=1S/C24H34F2N4O3/c1-16(2)22(27-23(32)21-18(25)8-6-9-19(21)26)24(33)29-13-11-28(12-14-29)15-20(31)30-10-5-4-7-17(30)3/h6,8-9,16-17,22H,4-5,7,10-15H2,1-3H3,(H,27,32)/t17?,22-/m0/s1. The van der Waals surface area contributed by atoms with E-state index in [1.54, 1.807) is 18.7 Å². The molecule has 0 radical (unpaired) electrons. The van der Waals surface area contributed by atoms with E-state index in [0.717, 1.165) is 37.9 Å². The zero-order valence-electron chi connectivity index (χ0n) is 19.7. The highest BCUT2D eigenvalue weighted by atomic mass is 19.1. The maximum Gasteiger partial charge on any atom is 0.257 e. The second kappa shape index (κ2) is 11.0. The van der Waals surface area contributed by atoms with Gasteiger partial charge in [0.15, 0.2) is 0 Å². The molecule has 1 aromatic rings. The zero-order chi connectivity index (χ0) is 24.1. The van der Waals surface area contributed by atoms with E-state index in [1.807, 2.05) is 9.80 Å². The van der Waals surface area contributed by atoms with Crippen molar-refractivity contribution in [2.75, 3.05) is 39.3 Å². The molecular formula is C24H34F2N4O3. The Hall–Kier alpha value is -2.55. The molecule has 2 atom stereocenters. The molecule has 2 aliphatic heterocycles. The van der Waals surface area contributed by atoms with Crippen LogP contribution in [0.3, 0.4) is 0 Å². The number of rotatable bonds is 6. The first-order valence-corrected chi connectivity index (χ1v) is 11.7. The Morgan fingerprint density at radius 1 is 1.03 bits per heavy atom. The molecular weight excluding hydrogens is 430 g/mol. The van der Waals surface area contributed by atoms with Gasteiger partial charge in [-0.2, -0.15) is 0 Å². The molecule has 33 heavy (non-hydrogen) atoms. The fraction of sp³-hybridized carbons (Fsp3) is 0.625. The fourth-order valence-electron chi connectivity index (χ4n) is 4.52. The highest BCUT2D eigenvalue weighted by Crippen LogP contribution is 2.18. The largest absolute Gasteiger partial charge is 0.340 e. The first kappa shape index (κ1) is 25.1. The monoisotopic (exact) mass is 464 g/mol. The van der Waals surface area contributed by atoms with Gasteiger partial charge in [0.2, 0.25) is 11.8 Å². The van der Waals surface area contributed by atoms with Crippen molar-refractivity contribution in [1.29, 1.82) is 0 Å². The van der Waals surface area contributed by atoms with Crippen LogP contribution in [0.25, 0.3) is 0 Å². The van der Waals surface area contributed by atoms with E-state index in [2.05, 4.69) is 12.2 Å². The molecule has 2 aliphatic rings. The Balaban J connectivity index is 1.56. The van der Waals surface area contributed by atoms with Gasteiger partial charge >= 0.3 is 0 Å². The smallest absolute Gasteiger partial charge is 0.257 e. The molecule has 2 fully saturated rings. The molecule has 3 rings (SSSR count). The average molecular weight is 465 g/mol. The van der Waals surface area contributed by atoms with Crippen LogP contribution >= 0.6 is 0 Å². The molecule has 0 bridgehead atoms. The first-order valence-electron chi connectivity index (χ1n) is 11.7. The van der Waals surface area contributed by atoms with Crippen LogP contribution in [0.4, 0.5) is 8.78 Å². The number of hydrogen-bond donors (Lipinski definition) is 1. The Morgan fingerprint density at radius 3 is 2.24 bits per heavy atom. The van der Waals surface area contributed by atoms with E-state index in [1.165, 1.54) is 6.07 Å². The van der Waals surface area contributed by atoms with Crippen LogP contribution in [0.1, 0.15) is 50.4 Å². The highest BCUT2D eigenvalue weighted by molar-refractivity contribution is 5.98. The third-order valence-electron chi connectivity index (χ3n) is 6.58. The number of amides is 3. The summed E-state index contributed by atoms with van der Waals surface area (Å²) in [5, 5.41) is 2.52. The number of nitrogens with one attached hydrogen (secondary N) is 1. The Labute approximate surface area is 194 Å². The number of carbonyl (C=O) groups is 3. The number of piperazine rings is 1. The van der Waals surface area contributed by atoms with Gasteiger partial charge < -0.3 is 15.1 Å². The van der Waals surface area contributed by atoms with Gasteiger partial charge in [0.05, 0.1) is 6.54 Å². The molecule has 1 unspecified atom stereocenters. The zero-order valence-corrected chi connectivity index (χ0v) is 19.7. The lowest BCUT2D eigenvalue weighted by Gasteiger charge is -2.39. The van der Waals surface area contributed by atoms with E-state index >= 15 is 0 Å². The number of likely N-dealkylation sites (tertiary alicyclic amines) is 1. The topological polar surface area (TPSA) is 73.0 Å². The summed E-state index contributed by atoms with van der Waals surface area (Å²) >= 11 is 0. The second-order valence-electron chi connectivity index (χ2n) is 9.33. The van der Waals surface area contributed by atoms with Crippen molar-refractivity contribution in [3.05, 3.63) is 35.4 Å². The van der Waals surface area contributed by atoms with Gasteiger partial charge in [0.25, 0.3) is 5.91 Å². The summed E-state index contributed by atoms with van der Waals surface area (Å²) in [6.07, 6.45) is 3.23. The molecule has 1 aromatic carbocycles. The van der Waals surface area contributed by atoms with Crippen molar-refractivity contribution in [1.82, 2.24) is 20.0 Å². The predicted octanol–water partition coefficient (Wildman–Crippen LogP) is 2.26. The Bertz CT molecular complexity index is 851. The van der Waals surface area contributed by atoms with Gasteiger partial charge in [-0.15, -0.1) is 0 Å². The van der Waals surface area contributed by atoms with E-state index in [9.17, 15) is 23.2 Å².